The zero-order chi connectivity index (χ0) is 6.69. The standard InChI is InChI=1S/C6H14N2O/c1-9-6-2-3-8-4-5(6)7/h5-6,8H,2-4,7H2,1H3/t5-,6-/m1/s1. The van der Waals surface area contributed by atoms with Gasteiger partial charge in [0.2, 0.25) is 0 Å². The zero-order valence-electron chi connectivity index (χ0n) is 5.76. The number of piperidine rings is 1. The molecule has 0 aromatic heterocycles. The van der Waals surface area contributed by atoms with Crippen LogP contribution in [0.3, 0.4) is 0 Å². The molecule has 1 aliphatic heterocycles. The molecule has 0 radical (unpaired) electrons. The van der Waals surface area contributed by atoms with Crippen molar-refractivity contribution in [3.8, 4) is 0 Å². The summed E-state index contributed by atoms with van der Waals surface area (Å²) in [5.41, 5.74) is 5.70. The van der Waals surface area contributed by atoms with E-state index in [0.29, 0.717) is 0 Å². The second-order valence-electron chi connectivity index (χ2n) is 2.43. The number of methoxy groups -OCH3 is 1. The molecule has 0 spiro atoms. The third-order valence-electron chi connectivity index (χ3n) is 1.77. The lowest BCUT2D eigenvalue weighted by Crippen LogP contribution is -2.49. The molecule has 0 bridgehead atoms. The molecule has 1 saturated heterocycles. The maximum Gasteiger partial charge on any atom is 0.0746 e. The van der Waals surface area contributed by atoms with E-state index in [1.807, 2.05) is 0 Å². The van der Waals surface area contributed by atoms with Crippen LogP contribution in [0.2, 0.25) is 0 Å². The van der Waals surface area contributed by atoms with Gasteiger partial charge in [-0.3, -0.25) is 0 Å². The first kappa shape index (κ1) is 6.99. The van der Waals surface area contributed by atoms with Gasteiger partial charge in [0.15, 0.2) is 0 Å². The van der Waals surface area contributed by atoms with Gasteiger partial charge in [0.1, 0.15) is 0 Å². The minimum absolute atomic E-state index is 0.184. The molecule has 54 valence electrons. The third-order valence-corrected chi connectivity index (χ3v) is 1.77. The maximum atomic E-state index is 5.70. The lowest BCUT2D eigenvalue weighted by Gasteiger charge is -2.27. The summed E-state index contributed by atoms with van der Waals surface area (Å²) in [6.45, 7) is 1.92. The van der Waals surface area contributed by atoms with Crippen LogP contribution in [0.25, 0.3) is 0 Å². The van der Waals surface area contributed by atoms with E-state index >= 15 is 0 Å². The second kappa shape index (κ2) is 3.15. The highest BCUT2D eigenvalue weighted by molar-refractivity contribution is 4.80. The van der Waals surface area contributed by atoms with Crippen LogP contribution in [0.5, 0.6) is 0 Å². The minimum atomic E-state index is 0.184. The Balaban J connectivity index is 2.30. The number of rotatable bonds is 1. The van der Waals surface area contributed by atoms with Gasteiger partial charge in [-0.25, -0.2) is 0 Å². The molecule has 9 heavy (non-hydrogen) atoms. The molecule has 0 aliphatic carbocycles. The molecule has 0 aromatic carbocycles. The highest BCUT2D eigenvalue weighted by atomic mass is 16.5. The van der Waals surface area contributed by atoms with Crippen molar-refractivity contribution in [2.24, 2.45) is 5.73 Å². The van der Waals surface area contributed by atoms with Crippen LogP contribution in [0.1, 0.15) is 6.42 Å². The van der Waals surface area contributed by atoms with Gasteiger partial charge < -0.3 is 15.8 Å². The van der Waals surface area contributed by atoms with Crippen molar-refractivity contribution in [2.45, 2.75) is 18.6 Å². The summed E-state index contributed by atoms with van der Waals surface area (Å²) in [6, 6.07) is 0.184. The van der Waals surface area contributed by atoms with Crippen LogP contribution in [0.4, 0.5) is 0 Å². The van der Waals surface area contributed by atoms with Gasteiger partial charge >= 0.3 is 0 Å². The van der Waals surface area contributed by atoms with E-state index in [-0.39, 0.29) is 12.1 Å². The van der Waals surface area contributed by atoms with E-state index in [2.05, 4.69) is 5.32 Å². The van der Waals surface area contributed by atoms with Crippen LogP contribution >= 0.6 is 0 Å². The second-order valence-corrected chi connectivity index (χ2v) is 2.43. The summed E-state index contributed by atoms with van der Waals surface area (Å²) in [6.07, 6.45) is 1.31. The first-order valence-corrected chi connectivity index (χ1v) is 3.33. The van der Waals surface area contributed by atoms with E-state index in [1.54, 1.807) is 7.11 Å². The van der Waals surface area contributed by atoms with E-state index < -0.39 is 0 Å². The number of hydrogen-bond donors (Lipinski definition) is 2. The average Bonchev–Trinajstić information content (AvgIpc) is 1.89. The number of nitrogens with two attached hydrogens (primary N) is 1. The van der Waals surface area contributed by atoms with Gasteiger partial charge in [0.25, 0.3) is 0 Å². The summed E-state index contributed by atoms with van der Waals surface area (Å²) in [5, 5.41) is 3.19. The Labute approximate surface area is 55.6 Å². The van der Waals surface area contributed by atoms with Gasteiger partial charge in [-0.05, 0) is 13.0 Å². The molecule has 0 saturated carbocycles. The number of nitrogens with one attached hydrogen (secondary N) is 1. The minimum Gasteiger partial charge on any atom is -0.380 e. The Kier molecular flexibility index (Phi) is 2.45. The van der Waals surface area contributed by atoms with Gasteiger partial charge in [-0.2, -0.15) is 0 Å². The molecular formula is C6H14N2O. The van der Waals surface area contributed by atoms with E-state index in [1.165, 1.54) is 0 Å². The van der Waals surface area contributed by atoms with Gasteiger partial charge in [0, 0.05) is 19.7 Å². The largest absolute Gasteiger partial charge is 0.380 e. The highest BCUT2D eigenvalue weighted by Gasteiger charge is 2.19. The summed E-state index contributed by atoms with van der Waals surface area (Å²) in [7, 11) is 1.72. The Bertz CT molecular complexity index is 87.1. The van der Waals surface area contributed by atoms with Gasteiger partial charge in [-0.15, -0.1) is 0 Å². The quantitative estimate of drug-likeness (QED) is 0.494. The molecule has 1 aliphatic rings. The monoisotopic (exact) mass is 130 g/mol. The molecule has 0 amide bonds. The van der Waals surface area contributed by atoms with Crippen molar-refractivity contribution >= 4 is 0 Å². The molecule has 3 nitrogen and oxygen atoms in total. The van der Waals surface area contributed by atoms with Crippen LogP contribution in [-0.2, 0) is 4.74 Å². The van der Waals surface area contributed by atoms with Crippen LogP contribution in [0.15, 0.2) is 0 Å². The van der Waals surface area contributed by atoms with Gasteiger partial charge in [-0.1, -0.05) is 0 Å². The zero-order valence-corrected chi connectivity index (χ0v) is 5.76. The highest BCUT2D eigenvalue weighted by Crippen LogP contribution is 2.03. The van der Waals surface area contributed by atoms with E-state index in [0.717, 1.165) is 19.5 Å². The van der Waals surface area contributed by atoms with Crippen molar-refractivity contribution in [1.82, 2.24) is 5.32 Å². The molecule has 1 fully saturated rings. The summed E-state index contributed by atoms with van der Waals surface area (Å²) in [4.78, 5) is 0. The normalized spacial score (nSPS) is 36.7. The molecule has 1 heterocycles. The first-order valence-electron chi connectivity index (χ1n) is 3.33. The predicted molar refractivity (Wildman–Crippen MR) is 36.3 cm³/mol. The molecule has 2 atom stereocenters. The van der Waals surface area contributed by atoms with Crippen molar-refractivity contribution in [3.63, 3.8) is 0 Å². The Morgan fingerprint density at radius 3 is 2.89 bits per heavy atom. The Morgan fingerprint density at radius 2 is 2.44 bits per heavy atom. The van der Waals surface area contributed by atoms with Crippen molar-refractivity contribution < 1.29 is 4.74 Å². The average molecular weight is 130 g/mol. The molecule has 0 unspecified atom stereocenters. The van der Waals surface area contributed by atoms with E-state index in [4.69, 9.17) is 10.5 Å². The summed E-state index contributed by atoms with van der Waals surface area (Å²) >= 11 is 0. The fourth-order valence-corrected chi connectivity index (χ4v) is 1.15. The lowest BCUT2D eigenvalue weighted by atomic mass is 10.1. The predicted octanol–water partition coefficient (Wildman–Crippen LogP) is -0.678. The molecule has 0 aromatic rings. The molecule has 3 N–H and O–H groups in total. The van der Waals surface area contributed by atoms with Crippen molar-refractivity contribution in [3.05, 3.63) is 0 Å². The van der Waals surface area contributed by atoms with Crippen molar-refractivity contribution in [1.29, 1.82) is 0 Å². The lowest BCUT2D eigenvalue weighted by molar-refractivity contribution is 0.0606. The number of ether oxygens (including phenoxy) is 1. The summed E-state index contributed by atoms with van der Waals surface area (Å²) in [5.74, 6) is 0. The fourth-order valence-electron chi connectivity index (χ4n) is 1.15. The van der Waals surface area contributed by atoms with Crippen LogP contribution < -0.4 is 11.1 Å². The van der Waals surface area contributed by atoms with E-state index in [9.17, 15) is 0 Å². The van der Waals surface area contributed by atoms with Crippen molar-refractivity contribution in [2.75, 3.05) is 20.2 Å². The Hall–Kier alpha value is -0.120. The Morgan fingerprint density at radius 1 is 1.67 bits per heavy atom. The van der Waals surface area contributed by atoms with Crippen LogP contribution in [-0.4, -0.2) is 32.3 Å². The first-order chi connectivity index (χ1) is 4.34. The van der Waals surface area contributed by atoms with Crippen LogP contribution in [0, 0.1) is 0 Å². The SMILES string of the molecule is CO[C@@H]1CCNC[C@H]1N. The number of hydrogen-bond acceptors (Lipinski definition) is 3. The molecule has 1 rings (SSSR count). The topological polar surface area (TPSA) is 47.3 Å². The van der Waals surface area contributed by atoms with Gasteiger partial charge in [0.05, 0.1) is 6.10 Å². The maximum absolute atomic E-state index is 5.70. The third kappa shape index (κ3) is 1.64. The fraction of sp³-hybridized carbons (Fsp3) is 1.00. The summed E-state index contributed by atoms with van der Waals surface area (Å²) < 4.78 is 5.14. The molecule has 3 heteroatoms. The smallest absolute Gasteiger partial charge is 0.0746 e. The molecular weight excluding hydrogens is 116 g/mol.